The zero-order valence-corrected chi connectivity index (χ0v) is 12.4. The highest BCUT2D eigenvalue weighted by Crippen LogP contribution is 2.26. The number of carbonyl (C=O) groups excluding carboxylic acids is 2. The molecule has 5 nitrogen and oxygen atoms in total. The van der Waals surface area contributed by atoms with E-state index in [4.69, 9.17) is 5.26 Å². The molecular formula is C18H13N3O2. The minimum absolute atomic E-state index is 0.0247. The Morgan fingerprint density at radius 3 is 2.70 bits per heavy atom. The van der Waals surface area contributed by atoms with Crippen LogP contribution >= 0.6 is 0 Å². The molecule has 1 heterocycles. The zero-order valence-electron chi connectivity index (χ0n) is 12.4. The molecule has 112 valence electrons. The second kappa shape index (κ2) is 5.85. The van der Waals surface area contributed by atoms with E-state index >= 15 is 0 Å². The lowest BCUT2D eigenvalue weighted by Gasteiger charge is -2.25. The van der Waals surface area contributed by atoms with Gasteiger partial charge in [-0.3, -0.25) is 9.59 Å². The van der Waals surface area contributed by atoms with Gasteiger partial charge in [0.25, 0.3) is 5.91 Å². The highest BCUT2D eigenvalue weighted by atomic mass is 16.2. The average Bonchev–Trinajstić information content (AvgIpc) is 2.54. The maximum Gasteiger partial charge on any atom is 0.277 e. The van der Waals surface area contributed by atoms with Crippen molar-refractivity contribution in [2.45, 2.75) is 6.92 Å². The molecule has 1 unspecified atom stereocenters. The number of hydrogen-bond donors (Lipinski definition) is 1. The van der Waals surface area contributed by atoms with Gasteiger partial charge in [0, 0.05) is 23.3 Å². The summed E-state index contributed by atoms with van der Waals surface area (Å²) in [5.41, 5.74) is 3.07. The number of benzene rings is 1. The lowest BCUT2D eigenvalue weighted by atomic mass is 9.89. The van der Waals surface area contributed by atoms with E-state index in [2.05, 4.69) is 10.3 Å². The molecule has 1 atom stereocenters. The van der Waals surface area contributed by atoms with Crippen LogP contribution in [0.15, 0.2) is 64.8 Å². The molecule has 1 aromatic rings. The average molecular weight is 303 g/mol. The normalized spacial score (nSPS) is 21.0. The summed E-state index contributed by atoms with van der Waals surface area (Å²) in [4.78, 5) is 27.8. The van der Waals surface area contributed by atoms with Crippen molar-refractivity contribution in [3.05, 3.63) is 71.0 Å². The Balaban J connectivity index is 1.85. The van der Waals surface area contributed by atoms with E-state index in [0.29, 0.717) is 16.8 Å². The third-order valence-corrected chi connectivity index (χ3v) is 3.71. The summed E-state index contributed by atoms with van der Waals surface area (Å²) >= 11 is 0. The molecule has 23 heavy (non-hydrogen) atoms. The van der Waals surface area contributed by atoms with Gasteiger partial charge in [-0.25, -0.2) is 4.99 Å². The van der Waals surface area contributed by atoms with E-state index in [1.807, 2.05) is 19.1 Å². The van der Waals surface area contributed by atoms with Gasteiger partial charge < -0.3 is 5.32 Å². The lowest BCUT2D eigenvalue weighted by molar-refractivity contribution is -0.116. The number of nitrogens with zero attached hydrogens (tertiary/aromatic N) is 2. The Morgan fingerprint density at radius 2 is 2.00 bits per heavy atom. The number of allylic oxidation sites excluding steroid dienone is 3. The molecule has 0 fully saturated rings. The highest BCUT2D eigenvalue weighted by molar-refractivity contribution is 6.14. The van der Waals surface area contributed by atoms with Crippen LogP contribution < -0.4 is 5.32 Å². The van der Waals surface area contributed by atoms with Crippen molar-refractivity contribution in [3.8, 4) is 6.07 Å². The van der Waals surface area contributed by atoms with Gasteiger partial charge in [0.1, 0.15) is 0 Å². The molecule has 1 N–H and O–H groups in total. The van der Waals surface area contributed by atoms with E-state index in [-0.39, 0.29) is 17.7 Å². The Kier molecular flexibility index (Phi) is 3.73. The molecule has 1 aliphatic carbocycles. The van der Waals surface area contributed by atoms with Crippen molar-refractivity contribution >= 4 is 17.5 Å². The first-order chi connectivity index (χ1) is 11.1. The van der Waals surface area contributed by atoms with Crippen LogP contribution in [0.2, 0.25) is 0 Å². The smallest absolute Gasteiger partial charge is 0.277 e. The van der Waals surface area contributed by atoms with Crippen molar-refractivity contribution < 1.29 is 9.59 Å². The Hall–Kier alpha value is -3.26. The standard InChI is InChI=1S/C18H13N3O2/c1-11-8-17(22)21-16-9-14(6-7-15(11)16)20-18(23)13-4-2-12(10-19)3-5-13/h2-9,15H,1H3,(H,21,22). The number of rotatable bonds is 1. The molecule has 0 bridgehead atoms. The molecule has 0 radical (unpaired) electrons. The molecule has 0 saturated carbocycles. The van der Waals surface area contributed by atoms with Gasteiger partial charge >= 0.3 is 0 Å². The Morgan fingerprint density at radius 1 is 1.26 bits per heavy atom. The molecule has 0 spiro atoms. The van der Waals surface area contributed by atoms with Crippen LogP contribution in [0.1, 0.15) is 22.8 Å². The molecule has 2 amide bonds. The predicted molar refractivity (Wildman–Crippen MR) is 85.5 cm³/mol. The van der Waals surface area contributed by atoms with Gasteiger partial charge in [-0.2, -0.15) is 5.26 Å². The summed E-state index contributed by atoms with van der Waals surface area (Å²) in [5, 5.41) is 11.5. The Labute approximate surface area is 133 Å². The van der Waals surface area contributed by atoms with E-state index in [9.17, 15) is 9.59 Å². The third-order valence-electron chi connectivity index (χ3n) is 3.71. The second-order valence-electron chi connectivity index (χ2n) is 5.35. The van der Waals surface area contributed by atoms with Crippen LogP contribution in [0, 0.1) is 17.2 Å². The van der Waals surface area contributed by atoms with Gasteiger partial charge in [-0.05, 0) is 43.3 Å². The van der Waals surface area contributed by atoms with E-state index in [1.54, 1.807) is 42.5 Å². The lowest BCUT2D eigenvalue weighted by Crippen LogP contribution is -2.32. The summed E-state index contributed by atoms with van der Waals surface area (Å²) in [5.74, 6) is -0.534. The summed E-state index contributed by atoms with van der Waals surface area (Å²) in [7, 11) is 0. The summed E-state index contributed by atoms with van der Waals surface area (Å²) in [6, 6.07) is 8.30. The van der Waals surface area contributed by atoms with Crippen LogP contribution in [0.25, 0.3) is 0 Å². The van der Waals surface area contributed by atoms with Crippen LogP contribution in [0.3, 0.4) is 0 Å². The van der Waals surface area contributed by atoms with Crippen molar-refractivity contribution in [2.75, 3.05) is 0 Å². The predicted octanol–water partition coefficient (Wildman–Crippen LogP) is 2.29. The maximum absolute atomic E-state index is 12.2. The number of hydrogen-bond acceptors (Lipinski definition) is 3. The molecule has 0 saturated heterocycles. The van der Waals surface area contributed by atoms with Crippen LogP contribution in [0.4, 0.5) is 0 Å². The first-order valence-corrected chi connectivity index (χ1v) is 7.09. The zero-order chi connectivity index (χ0) is 16.4. The monoisotopic (exact) mass is 303 g/mol. The Bertz CT molecular complexity index is 849. The molecule has 2 aliphatic rings. The van der Waals surface area contributed by atoms with Crippen molar-refractivity contribution in [1.29, 1.82) is 5.26 Å². The number of aliphatic imine (C=N–C) groups is 1. The van der Waals surface area contributed by atoms with Gasteiger partial charge in [0.15, 0.2) is 0 Å². The van der Waals surface area contributed by atoms with Gasteiger partial charge in [-0.1, -0.05) is 11.6 Å². The van der Waals surface area contributed by atoms with Crippen LogP contribution in [-0.4, -0.2) is 17.5 Å². The minimum Gasteiger partial charge on any atom is -0.325 e. The van der Waals surface area contributed by atoms with Gasteiger partial charge in [-0.15, -0.1) is 0 Å². The van der Waals surface area contributed by atoms with Crippen molar-refractivity contribution in [2.24, 2.45) is 10.9 Å². The van der Waals surface area contributed by atoms with Crippen molar-refractivity contribution in [3.63, 3.8) is 0 Å². The second-order valence-corrected chi connectivity index (χ2v) is 5.35. The fourth-order valence-electron chi connectivity index (χ4n) is 2.52. The minimum atomic E-state index is -0.390. The third kappa shape index (κ3) is 3.01. The molecule has 3 rings (SSSR count). The maximum atomic E-state index is 12.2. The highest BCUT2D eigenvalue weighted by Gasteiger charge is 2.23. The fourth-order valence-corrected chi connectivity index (χ4v) is 2.52. The molecular weight excluding hydrogens is 290 g/mol. The molecule has 1 aliphatic heterocycles. The number of carbonyl (C=O) groups is 2. The first kappa shape index (κ1) is 14.7. The summed E-state index contributed by atoms with van der Waals surface area (Å²) < 4.78 is 0. The van der Waals surface area contributed by atoms with Crippen molar-refractivity contribution in [1.82, 2.24) is 5.32 Å². The number of amides is 2. The quantitative estimate of drug-likeness (QED) is 0.864. The van der Waals surface area contributed by atoms with Crippen LogP contribution in [-0.2, 0) is 4.79 Å². The number of fused-ring (bicyclic) bond motifs is 1. The summed E-state index contributed by atoms with van der Waals surface area (Å²) in [6.45, 7) is 1.89. The largest absolute Gasteiger partial charge is 0.325 e. The molecule has 5 heteroatoms. The topological polar surface area (TPSA) is 82.3 Å². The van der Waals surface area contributed by atoms with E-state index in [1.165, 1.54) is 0 Å². The molecule has 1 aromatic carbocycles. The number of nitrogens with one attached hydrogen (secondary N) is 1. The first-order valence-electron chi connectivity index (χ1n) is 7.09. The fraction of sp³-hybridized carbons (Fsp3) is 0.111. The SMILES string of the molecule is CC1=CC(=O)NC2=CC(=NC(=O)c3ccc(C#N)cc3)C=CC12. The van der Waals surface area contributed by atoms with Gasteiger partial charge in [0.05, 0.1) is 17.3 Å². The van der Waals surface area contributed by atoms with Gasteiger partial charge in [0.2, 0.25) is 5.91 Å². The summed E-state index contributed by atoms with van der Waals surface area (Å²) in [6.07, 6.45) is 6.95. The number of nitriles is 1. The van der Waals surface area contributed by atoms with E-state index < -0.39 is 0 Å². The van der Waals surface area contributed by atoms with E-state index in [0.717, 1.165) is 11.3 Å². The van der Waals surface area contributed by atoms with Crippen LogP contribution in [0.5, 0.6) is 0 Å². The molecule has 0 aromatic heterocycles.